The van der Waals surface area contributed by atoms with E-state index in [2.05, 4.69) is 21.2 Å². The van der Waals surface area contributed by atoms with Crippen molar-refractivity contribution in [1.29, 1.82) is 0 Å². The number of ether oxygens (including phenoxy) is 1. The zero-order chi connectivity index (χ0) is 13.4. The molecule has 0 aliphatic heterocycles. The van der Waals surface area contributed by atoms with Gasteiger partial charge in [-0.05, 0) is 31.9 Å². The van der Waals surface area contributed by atoms with Crippen LogP contribution in [0.4, 0.5) is 10.1 Å². The molecule has 1 N–H and O–H groups in total. The first-order valence-corrected chi connectivity index (χ1v) is 7.07. The van der Waals surface area contributed by atoms with Crippen molar-refractivity contribution < 1.29 is 13.9 Å². The predicted molar refractivity (Wildman–Crippen MR) is 73.8 cm³/mol. The molecule has 1 amide bonds. The van der Waals surface area contributed by atoms with Crippen LogP contribution < -0.4 is 10.1 Å². The van der Waals surface area contributed by atoms with Gasteiger partial charge in [0.2, 0.25) is 5.91 Å². The largest absolute Gasteiger partial charge is 0.491 e. The van der Waals surface area contributed by atoms with E-state index in [0.717, 1.165) is 18.2 Å². The normalized spacial score (nSPS) is 10.2. The quantitative estimate of drug-likeness (QED) is 0.614. The number of unbranched alkanes of at least 4 members (excludes halogenated alkanes) is 1. The fourth-order valence-corrected chi connectivity index (χ4v) is 1.85. The number of rotatable bonds is 7. The maximum atomic E-state index is 13.5. The van der Waals surface area contributed by atoms with Crippen molar-refractivity contribution in [2.75, 3.05) is 17.3 Å². The van der Waals surface area contributed by atoms with Crippen LogP contribution in [0.2, 0.25) is 0 Å². The number of anilines is 1. The lowest BCUT2D eigenvalue weighted by atomic mass is 10.2. The lowest BCUT2D eigenvalue weighted by Crippen LogP contribution is -2.11. The molecule has 18 heavy (non-hydrogen) atoms. The number of benzene rings is 1. The van der Waals surface area contributed by atoms with Crippen LogP contribution in [0.3, 0.4) is 0 Å². The van der Waals surface area contributed by atoms with Gasteiger partial charge in [0, 0.05) is 23.5 Å². The minimum atomic E-state index is -0.463. The molecule has 5 heteroatoms. The molecule has 0 saturated heterocycles. The van der Waals surface area contributed by atoms with Crippen LogP contribution >= 0.6 is 15.9 Å². The van der Waals surface area contributed by atoms with E-state index in [1.54, 1.807) is 13.0 Å². The Morgan fingerprint density at radius 3 is 2.83 bits per heavy atom. The molecule has 0 saturated carbocycles. The van der Waals surface area contributed by atoms with Crippen LogP contribution in [0, 0.1) is 5.82 Å². The van der Waals surface area contributed by atoms with Gasteiger partial charge in [-0.1, -0.05) is 15.9 Å². The Morgan fingerprint density at radius 2 is 2.22 bits per heavy atom. The van der Waals surface area contributed by atoms with E-state index in [0.29, 0.717) is 18.7 Å². The van der Waals surface area contributed by atoms with Crippen molar-refractivity contribution >= 4 is 27.5 Å². The van der Waals surface area contributed by atoms with Gasteiger partial charge in [-0.15, -0.1) is 0 Å². The molecule has 0 heterocycles. The molecule has 3 nitrogen and oxygen atoms in total. The van der Waals surface area contributed by atoms with E-state index in [-0.39, 0.29) is 11.7 Å². The van der Waals surface area contributed by atoms with Crippen molar-refractivity contribution in [2.24, 2.45) is 0 Å². The molecule has 100 valence electrons. The van der Waals surface area contributed by atoms with Crippen molar-refractivity contribution in [3.05, 3.63) is 24.0 Å². The van der Waals surface area contributed by atoms with Gasteiger partial charge < -0.3 is 10.1 Å². The van der Waals surface area contributed by atoms with Gasteiger partial charge in [-0.2, -0.15) is 0 Å². The highest BCUT2D eigenvalue weighted by Crippen LogP contribution is 2.21. The summed E-state index contributed by atoms with van der Waals surface area (Å²) in [6.07, 6.45) is 2.21. The zero-order valence-electron chi connectivity index (χ0n) is 10.3. The highest BCUT2D eigenvalue weighted by atomic mass is 79.9. The number of halogens is 2. The maximum Gasteiger partial charge on any atom is 0.224 e. The summed E-state index contributed by atoms with van der Waals surface area (Å²) in [6.45, 7) is 2.20. The van der Waals surface area contributed by atoms with Crippen LogP contribution in [0.1, 0.15) is 26.2 Å². The molecule has 0 bridgehead atoms. The number of carbonyl (C=O) groups is 1. The summed E-state index contributed by atoms with van der Waals surface area (Å²) in [7, 11) is 0. The SMILES string of the molecule is CCOc1ccc(NC(=O)CCCCBr)cc1F. The summed E-state index contributed by atoms with van der Waals surface area (Å²) in [5.74, 6) is -0.357. The highest BCUT2D eigenvalue weighted by molar-refractivity contribution is 9.09. The Hall–Kier alpha value is -1.10. The molecular weight excluding hydrogens is 301 g/mol. The average Bonchev–Trinajstić information content (AvgIpc) is 2.33. The standard InChI is InChI=1S/C13H17BrFNO2/c1-2-18-12-7-6-10(9-11(12)15)16-13(17)5-3-4-8-14/h6-7,9H,2-5,8H2,1H3,(H,16,17). The van der Waals surface area contributed by atoms with E-state index >= 15 is 0 Å². The Morgan fingerprint density at radius 1 is 1.44 bits per heavy atom. The average molecular weight is 318 g/mol. The van der Waals surface area contributed by atoms with Crippen LogP contribution in [0.25, 0.3) is 0 Å². The minimum absolute atomic E-state index is 0.0977. The number of nitrogens with one attached hydrogen (secondary N) is 1. The Bertz CT molecular complexity index is 399. The molecule has 1 aromatic rings. The monoisotopic (exact) mass is 317 g/mol. The molecule has 1 aromatic carbocycles. The first-order valence-electron chi connectivity index (χ1n) is 5.95. The molecule has 0 aliphatic rings. The molecule has 0 unspecified atom stereocenters. The van der Waals surface area contributed by atoms with Gasteiger partial charge in [0.05, 0.1) is 6.61 Å². The number of carbonyl (C=O) groups excluding carboxylic acids is 1. The summed E-state index contributed by atoms with van der Waals surface area (Å²) in [4.78, 5) is 11.5. The number of alkyl halides is 1. The lowest BCUT2D eigenvalue weighted by Gasteiger charge is -2.08. The maximum absolute atomic E-state index is 13.5. The Balaban J connectivity index is 2.52. The second kappa shape index (κ2) is 8.08. The molecule has 0 atom stereocenters. The van der Waals surface area contributed by atoms with E-state index in [1.807, 2.05) is 0 Å². The highest BCUT2D eigenvalue weighted by Gasteiger charge is 2.06. The topological polar surface area (TPSA) is 38.3 Å². The predicted octanol–water partition coefficient (Wildman–Crippen LogP) is 3.73. The lowest BCUT2D eigenvalue weighted by molar-refractivity contribution is -0.116. The van der Waals surface area contributed by atoms with Gasteiger partial charge in [0.15, 0.2) is 11.6 Å². The molecule has 0 aliphatic carbocycles. The fourth-order valence-electron chi connectivity index (χ4n) is 1.45. The first kappa shape index (κ1) is 15.0. The third-order valence-electron chi connectivity index (χ3n) is 2.30. The van der Waals surface area contributed by atoms with Gasteiger partial charge in [-0.3, -0.25) is 4.79 Å². The molecule has 0 fully saturated rings. The van der Waals surface area contributed by atoms with E-state index in [1.165, 1.54) is 12.1 Å². The zero-order valence-corrected chi connectivity index (χ0v) is 11.9. The summed E-state index contributed by atoms with van der Waals surface area (Å²) in [5, 5.41) is 3.55. The van der Waals surface area contributed by atoms with Crippen molar-refractivity contribution in [1.82, 2.24) is 0 Å². The van der Waals surface area contributed by atoms with Crippen LogP contribution in [0.15, 0.2) is 18.2 Å². The number of hydrogen-bond donors (Lipinski definition) is 1. The summed E-state index contributed by atoms with van der Waals surface area (Å²) in [5.41, 5.74) is 0.458. The fraction of sp³-hybridized carbons (Fsp3) is 0.462. The Kier molecular flexibility index (Phi) is 6.72. The number of hydrogen-bond acceptors (Lipinski definition) is 2. The first-order chi connectivity index (χ1) is 8.67. The van der Waals surface area contributed by atoms with Gasteiger partial charge in [0.25, 0.3) is 0 Å². The van der Waals surface area contributed by atoms with Crippen molar-refractivity contribution in [2.45, 2.75) is 26.2 Å². The summed E-state index contributed by atoms with van der Waals surface area (Å²) in [6, 6.07) is 4.43. The van der Waals surface area contributed by atoms with E-state index < -0.39 is 5.82 Å². The van der Waals surface area contributed by atoms with Gasteiger partial charge in [-0.25, -0.2) is 4.39 Å². The van der Waals surface area contributed by atoms with Crippen molar-refractivity contribution in [3.63, 3.8) is 0 Å². The van der Waals surface area contributed by atoms with Crippen LogP contribution in [0.5, 0.6) is 5.75 Å². The molecule has 0 radical (unpaired) electrons. The molecule has 0 spiro atoms. The van der Waals surface area contributed by atoms with Crippen molar-refractivity contribution in [3.8, 4) is 5.75 Å². The summed E-state index contributed by atoms with van der Waals surface area (Å²) >= 11 is 3.30. The second-order valence-corrected chi connectivity index (χ2v) is 4.57. The summed E-state index contributed by atoms with van der Waals surface area (Å²) < 4.78 is 18.6. The van der Waals surface area contributed by atoms with E-state index in [4.69, 9.17) is 4.74 Å². The number of amides is 1. The smallest absolute Gasteiger partial charge is 0.224 e. The molecular formula is C13H17BrFNO2. The van der Waals surface area contributed by atoms with E-state index in [9.17, 15) is 9.18 Å². The van der Waals surface area contributed by atoms with Gasteiger partial charge in [0.1, 0.15) is 0 Å². The molecule has 0 aromatic heterocycles. The molecule has 1 rings (SSSR count). The van der Waals surface area contributed by atoms with Gasteiger partial charge >= 0.3 is 0 Å². The third kappa shape index (κ3) is 5.04. The van der Waals surface area contributed by atoms with Crippen LogP contribution in [-0.2, 0) is 4.79 Å². The third-order valence-corrected chi connectivity index (χ3v) is 2.86. The minimum Gasteiger partial charge on any atom is -0.491 e. The Labute approximate surface area is 115 Å². The van der Waals surface area contributed by atoms with Crippen LogP contribution in [-0.4, -0.2) is 17.8 Å². The second-order valence-electron chi connectivity index (χ2n) is 3.77.